The van der Waals surface area contributed by atoms with Gasteiger partial charge in [0.2, 0.25) is 17.2 Å². The Morgan fingerprint density at radius 2 is 1.12 bits per heavy atom. The second kappa shape index (κ2) is 7.07. The highest BCUT2D eigenvalue weighted by Crippen LogP contribution is 2.23. The van der Waals surface area contributed by atoms with E-state index in [4.69, 9.17) is 11.6 Å². The molecule has 0 fully saturated rings. The van der Waals surface area contributed by atoms with Gasteiger partial charge < -0.3 is 10.6 Å². The highest BCUT2D eigenvalue weighted by molar-refractivity contribution is 6.28. The fourth-order valence-electron chi connectivity index (χ4n) is 2.61. The molecule has 0 aliphatic carbocycles. The first kappa shape index (κ1) is 17.2. The smallest absolute Gasteiger partial charge is 0.233 e. The second-order valence-corrected chi connectivity index (χ2v) is 6.48. The predicted molar refractivity (Wildman–Crippen MR) is 103 cm³/mol. The van der Waals surface area contributed by atoms with Gasteiger partial charge in [-0.25, -0.2) is 0 Å². The van der Waals surface area contributed by atoms with E-state index < -0.39 is 0 Å². The van der Waals surface area contributed by atoms with Crippen LogP contribution in [0, 0.1) is 27.7 Å². The third-order valence-electron chi connectivity index (χ3n) is 3.86. The summed E-state index contributed by atoms with van der Waals surface area (Å²) in [5, 5.41) is 6.54. The van der Waals surface area contributed by atoms with Crippen molar-refractivity contribution in [3.05, 3.63) is 63.9 Å². The van der Waals surface area contributed by atoms with Gasteiger partial charge in [-0.3, -0.25) is 0 Å². The molecule has 0 saturated heterocycles. The van der Waals surface area contributed by atoms with Crippen molar-refractivity contribution >= 4 is 34.9 Å². The van der Waals surface area contributed by atoms with Gasteiger partial charge in [0, 0.05) is 11.4 Å². The molecule has 0 aliphatic heterocycles. The summed E-state index contributed by atoms with van der Waals surface area (Å²) in [5.41, 5.74) is 6.50. The first-order chi connectivity index (χ1) is 11.9. The minimum Gasteiger partial charge on any atom is -0.324 e. The van der Waals surface area contributed by atoms with E-state index >= 15 is 0 Å². The standard InChI is InChI=1S/C19H20ClN5/c1-11-5-7-15(13(3)9-11)21-18-23-17(20)24-19(25-18)22-16-8-6-12(2)10-14(16)4/h5-10H,1-4H3,(H2,21,22,23,24,25). The number of aromatic nitrogens is 3. The van der Waals surface area contributed by atoms with E-state index in [0.717, 1.165) is 22.5 Å². The van der Waals surface area contributed by atoms with E-state index in [1.807, 2.05) is 38.1 Å². The van der Waals surface area contributed by atoms with Crippen LogP contribution in [-0.4, -0.2) is 15.0 Å². The first-order valence-corrected chi connectivity index (χ1v) is 8.38. The summed E-state index contributed by atoms with van der Waals surface area (Å²) in [6.45, 7) is 8.19. The highest BCUT2D eigenvalue weighted by atomic mass is 35.5. The number of nitrogens with zero attached hydrogens (tertiary/aromatic N) is 3. The van der Waals surface area contributed by atoms with Crippen molar-refractivity contribution in [3.63, 3.8) is 0 Å². The molecule has 0 aliphatic rings. The minimum absolute atomic E-state index is 0.134. The molecule has 128 valence electrons. The van der Waals surface area contributed by atoms with Gasteiger partial charge in [0.05, 0.1) is 0 Å². The van der Waals surface area contributed by atoms with E-state index in [-0.39, 0.29) is 5.28 Å². The monoisotopic (exact) mass is 353 g/mol. The Bertz CT molecular complexity index is 852. The molecular weight excluding hydrogens is 334 g/mol. The lowest BCUT2D eigenvalue weighted by Crippen LogP contribution is -2.05. The number of hydrogen-bond acceptors (Lipinski definition) is 5. The normalized spacial score (nSPS) is 10.6. The zero-order valence-electron chi connectivity index (χ0n) is 14.7. The van der Waals surface area contributed by atoms with E-state index in [1.54, 1.807) is 0 Å². The summed E-state index contributed by atoms with van der Waals surface area (Å²) in [7, 11) is 0. The van der Waals surface area contributed by atoms with Crippen molar-refractivity contribution in [3.8, 4) is 0 Å². The average Bonchev–Trinajstić information content (AvgIpc) is 2.52. The minimum atomic E-state index is 0.134. The highest BCUT2D eigenvalue weighted by Gasteiger charge is 2.08. The van der Waals surface area contributed by atoms with Crippen LogP contribution in [0.15, 0.2) is 36.4 Å². The molecule has 0 atom stereocenters. The third kappa shape index (κ3) is 4.25. The largest absolute Gasteiger partial charge is 0.324 e. The lowest BCUT2D eigenvalue weighted by atomic mass is 10.1. The Hall–Kier alpha value is -2.66. The molecule has 0 unspecified atom stereocenters. The first-order valence-electron chi connectivity index (χ1n) is 8.01. The molecule has 0 radical (unpaired) electrons. The van der Waals surface area contributed by atoms with Gasteiger partial charge in [-0.2, -0.15) is 15.0 Å². The molecule has 6 heteroatoms. The maximum Gasteiger partial charge on any atom is 0.233 e. The molecule has 1 aromatic heterocycles. The number of hydrogen-bond donors (Lipinski definition) is 2. The SMILES string of the molecule is Cc1ccc(Nc2nc(Cl)nc(Nc3ccc(C)cc3C)n2)c(C)c1. The lowest BCUT2D eigenvalue weighted by molar-refractivity contribution is 1.06. The van der Waals surface area contributed by atoms with E-state index in [0.29, 0.717) is 11.9 Å². The molecule has 0 saturated carbocycles. The number of anilines is 4. The van der Waals surface area contributed by atoms with Gasteiger partial charge in [-0.05, 0) is 62.6 Å². The summed E-state index contributed by atoms with van der Waals surface area (Å²) in [5.74, 6) is 0.804. The molecule has 5 nitrogen and oxygen atoms in total. The van der Waals surface area contributed by atoms with Crippen LogP contribution in [0.25, 0.3) is 0 Å². The third-order valence-corrected chi connectivity index (χ3v) is 4.03. The van der Waals surface area contributed by atoms with Gasteiger partial charge in [0.15, 0.2) is 0 Å². The second-order valence-electron chi connectivity index (χ2n) is 6.14. The van der Waals surface area contributed by atoms with Gasteiger partial charge in [-0.1, -0.05) is 35.4 Å². The zero-order valence-corrected chi connectivity index (χ0v) is 15.4. The Morgan fingerprint density at radius 3 is 1.52 bits per heavy atom. The number of nitrogens with one attached hydrogen (secondary N) is 2. The van der Waals surface area contributed by atoms with Crippen molar-refractivity contribution in [2.24, 2.45) is 0 Å². The van der Waals surface area contributed by atoms with E-state index in [2.05, 4.69) is 51.6 Å². The van der Waals surface area contributed by atoms with Gasteiger partial charge in [0.1, 0.15) is 0 Å². The molecule has 0 amide bonds. The summed E-state index contributed by atoms with van der Waals surface area (Å²) >= 11 is 6.07. The fourth-order valence-corrected chi connectivity index (χ4v) is 2.77. The summed E-state index contributed by atoms with van der Waals surface area (Å²) < 4.78 is 0. The maximum atomic E-state index is 6.07. The van der Waals surface area contributed by atoms with Crippen molar-refractivity contribution in [1.82, 2.24) is 15.0 Å². The molecule has 1 heterocycles. The topological polar surface area (TPSA) is 62.7 Å². The number of halogens is 1. The van der Waals surface area contributed by atoms with Crippen molar-refractivity contribution < 1.29 is 0 Å². The van der Waals surface area contributed by atoms with Crippen LogP contribution >= 0.6 is 11.6 Å². The van der Waals surface area contributed by atoms with Gasteiger partial charge in [0.25, 0.3) is 0 Å². The van der Waals surface area contributed by atoms with Crippen molar-refractivity contribution in [2.45, 2.75) is 27.7 Å². The Labute approximate surface area is 152 Å². The van der Waals surface area contributed by atoms with Crippen molar-refractivity contribution in [1.29, 1.82) is 0 Å². The van der Waals surface area contributed by atoms with Crippen molar-refractivity contribution in [2.75, 3.05) is 10.6 Å². The molecule has 2 aromatic carbocycles. The molecule has 2 N–H and O–H groups in total. The van der Waals surface area contributed by atoms with Gasteiger partial charge in [-0.15, -0.1) is 0 Å². The number of aryl methyl sites for hydroxylation is 4. The summed E-state index contributed by atoms with van der Waals surface area (Å²) in [6.07, 6.45) is 0. The fraction of sp³-hybridized carbons (Fsp3) is 0.211. The van der Waals surface area contributed by atoms with Crippen LogP contribution in [0.1, 0.15) is 22.3 Å². The molecule has 3 aromatic rings. The van der Waals surface area contributed by atoms with E-state index in [9.17, 15) is 0 Å². The molecule has 3 rings (SSSR count). The number of benzene rings is 2. The van der Waals surface area contributed by atoms with Crippen LogP contribution < -0.4 is 10.6 Å². The van der Waals surface area contributed by atoms with Gasteiger partial charge >= 0.3 is 0 Å². The quantitative estimate of drug-likeness (QED) is 0.671. The van der Waals surface area contributed by atoms with Crippen LogP contribution in [0.3, 0.4) is 0 Å². The Morgan fingerprint density at radius 1 is 0.680 bits per heavy atom. The van der Waals surface area contributed by atoms with Crippen LogP contribution in [0.2, 0.25) is 5.28 Å². The van der Waals surface area contributed by atoms with Crippen LogP contribution in [0.5, 0.6) is 0 Å². The van der Waals surface area contributed by atoms with E-state index in [1.165, 1.54) is 11.1 Å². The average molecular weight is 354 g/mol. The van der Waals surface area contributed by atoms with Crippen LogP contribution in [0.4, 0.5) is 23.3 Å². The zero-order chi connectivity index (χ0) is 18.0. The lowest BCUT2D eigenvalue weighted by Gasteiger charge is -2.12. The molecule has 0 bridgehead atoms. The maximum absolute atomic E-state index is 6.07. The molecule has 25 heavy (non-hydrogen) atoms. The van der Waals surface area contributed by atoms with Crippen LogP contribution in [-0.2, 0) is 0 Å². The predicted octanol–water partition coefficient (Wildman–Crippen LogP) is 5.25. The molecular formula is C19H20ClN5. The number of rotatable bonds is 4. The Balaban J connectivity index is 1.87. The molecule has 0 spiro atoms. The summed E-state index contributed by atoms with van der Waals surface area (Å²) in [6, 6.07) is 12.3. The summed E-state index contributed by atoms with van der Waals surface area (Å²) in [4.78, 5) is 12.7. The Kier molecular flexibility index (Phi) is 4.86.